The SMILES string of the molecule is C/C(=N\N=C(N)N)c1ccccn1.Cl.Cl. The van der Waals surface area contributed by atoms with E-state index >= 15 is 0 Å². The van der Waals surface area contributed by atoms with Crippen LogP contribution in [-0.2, 0) is 0 Å². The molecule has 0 bridgehead atoms. The van der Waals surface area contributed by atoms with Gasteiger partial charge in [0.1, 0.15) is 0 Å². The van der Waals surface area contributed by atoms with Gasteiger partial charge in [0, 0.05) is 6.20 Å². The van der Waals surface area contributed by atoms with Crippen LogP contribution in [0.3, 0.4) is 0 Å². The Hall–Kier alpha value is -1.33. The van der Waals surface area contributed by atoms with Crippen LogP contribution in [-0.4, -0.2) is 16.7 Å². The number of halogens is 2. The summed E-state index contributed by atoms with van der Waals surface area (Å²) in [6.07, 6.45) is 1.68. The molecular formula is C8H13Cl2N5. The molecule has 84 valence electrons. The van der Waals surface area contributed by atoms with Crippen molar-refractivity contribution in [3.63, 3.8) is 0 Å². The maximum absolute atomic E-state index is 5.12. The van der Waals surface area contributed by atoms with E-state index in [-0.39, 0.29) is 30.8 Å². The number of hydrogen-bond donors (Lipinski definition) is 2. The zero-order valence-corrected chi connectivity index (χ0v) is 9.76. The van der Waals surface area contributed by atoms with Crippen molar-refractivity contribution in [2.45, 2.75) is 6.92 Å². The van der Waals surface area contributed by atoms with Gasteiger partial charge in [-0.15, -0.1) is 29.9 Å². The van der Waals surface area contributed by atoms with Crippen molar-refractivity contribution < 1.29 is 0 Å². The van der Waals surface area contributed by atoms with Gasteiger partial charge in [0.25, 0.3) is 0 Å². The van der Waals surface area contributed by atoms with Crippen LogP contribution in [0.15, 0.2) is 34.6 Å². The molecule has 5 nitrogen and oxygen atoms in total. The van der Waals surface area contributed by atoms with E-state index in [0.29, 0.717) is 5.71 Å². The fourth-order valence-corrected chi connectivity index (χ4v) is 0.761. The van der Waals surface area contributed by atoms with E-state index in [4.69, 9.17) is 11.5 Å². The second kappa shape index (κ2) is 8.02. The predicted octanol–water partition coefficient (Wildman–Crippen LogP) is 0.923. The standard InChI is InChI=1S/C8H11N5.2ClH/c1-6(12-13-8(9)10)7-4-2-3-5-11-7;;/h2-5H,1H3,(H4,9,10,13);2*1H/b12-6+;;. The van der Waals surface area contributed by atoms with Gasteiger partial charge >= 0.3 is 0 Å². The van der Waals surface area contributed by atoms with Crippen molar-refractivity contribution in [2.75, 3.05) is 0 Å². The normalized spacial score (nSPS) is 9.53. The van der Waals surface area contributed by atoms with E-state index in [1.807, 2.05) is 18.2 Å². The summed E-state index contributed by atoms with van der Waals surface area (Å²) in [6, 6.07) is 5.54. The van der Waals surface area contributed by atoms with Gasteiger partial charge in [-0.2, -0.15) is 5.10 Å². The van der Waals surface area contributed by atoms with Crippen molar-refractivity contribution in [1.29, 1.82) is 0 Å². The molecule has 1 aromatic heterocycles. The predicted molar refractivity (Wildman–Crippen MR) is 66.8 cm³/mol. The van der Waals surface area contributed by atoms with Crippen LogP contribution in [0, 0.1) is 0 Å². The Morgan fingerprint density at radius 3 is 2.33 bits per heavy atom. The average Bonchev–Trinajstić information content (AvgIpc) is 2.15. The lowest BCUT2D eigenvalue weighted by Gasteiger charge is -1.95. The number of guanidine groups is 1. The Balaban J connectivity index is 0. The van der Waals surface area contributed by atoms with Gasteiger partial charge in [0.05, 0.1) is 11.4 Å². The van der Waals surface area contributed by atoms with Crippen LogP contribution in [0.25, 0.3) is 0 Å². The van der Waals surface area contributed by atoms with Crippen LogP contribution in [0.2, 0.25) is 0 Å². The fourth-order valence-electron chi connectivity index (χ4n) is 0.761. The lowest BCUT2D eigenvalue weighted by molar-refractivity contribution is 1.18. The fraction of sp³-hybridized carbons (Fsp3) is 0.125. The Morgan fingerprint density at radius 2 is 1.87 bits per heavy atom. The summed E-state index contributed by atoms with van der Waals surface area (Å²) in [6.45, 7) is 1.79. The molecule has 0 aliphatic rings. The summed E-state index contributed by atoms with van der Waals surface area (Å²) in [5, 5.41) is 7.31. The molecule has 1 rings (SSSR count). The summed E-state index contributed by atoms with van der Waals surface area (Å²) in [5.41, 5.74) is 11.7. The maximum Gasteiger partial charge on any atom is 0.211 e. The molecule has 7 heteroatoms. The van der Waals surface area contributed by atoms with E-state index in [1.54, 1.807) is 13.1 Å². The Kier molecular flexibility index (Phi) is 8.61. The zero-order valence-electron chi connectivity index (χ0n) is 8.12. The van der Waals surface area contributed by atoms with Crippen molar-refractivity contribution in [2.24, 2.45) is 21.7 Å². The van der Waals surface area contributed by atoms with Gasteiger partial charge in [0.2, 0.25) is 5.96 Å². The van der Waals surface area contributed by atoms with Crippen LogP contribution >= 0.6 is 24.8 Å². The molecule has 0 atom stereocenters. The van der Waals surface area contributed by atoms with Gasteiger partial charge < -0.3 is 11.5 Å². The minimum absolute atomic E-state index is 0. The topological polar surface area (TPSA) is 89.6 Å². The first-order chi connectivity index (χ1) is 6.20. The first-order valence-electron chi connectivity index (χ1n) is 3.75. The second-order valence-electron chi connectivity index (χ2n) is 2.43. The van der Waals surface area contributed by atoms with Crippen molar-refractivity contribution in [3.8, 4) is 0 Å². The van der Waals surface area contributed by atoms with Crippen molar-refractivity contribution >= 4 is 36.5 Å². The monoisotopic (exact) mass is 249 g/mol. The van der Waals surface area contributed by atoms with Gasteiger partial charge in [-0.1, -0.05) is 6.07 Å². The number of nitrogens with zero attached hydrogens (tertiary/aromatic N) is 3. The molecule has 0 spiro atoms. The average molecular weight is 250 g/mol. The molecule has 4 N–H and O–H groups in total. The Bertz CT molecular complexity index is 332. The highest BCUT2D eigenvalue weighted by Gasteiger charge is 1.95. The molecule has 0 unspecified atom stereocenters. The number of hydrogen-bond acceptors (Lipinski definition) is 3. The quantitative estimate of drug-likeness (QED) is 0.464. The minimum atomic E-state index is -0.0599. The summed E-state index contributed by atoms with van der Waals surface area (Å²) in [5.74, 6) is -0.0599. The third-order valence-electron chi connectivity index (χ3n) is 1.35. The molecule has 0 aliphatic heterocycles. The van der Waals surface area contributed by atoms with Gasteiger partial charge in [-0.25, -0.2) is 0 Å². The summed E-state index contributed by atoms with van der Waals surface area (Å²) in [4.78, 5) is 4.07. The van der Waals surface area contributed by atoms with Crippen LogP contribution < -0.4 is 11.5 Å². The Labute approximate surface area is 100 Å². The molecule has 15 heavy (non-hydrogen) atoms. The van der Waals surface area contributed by atoms with Crippen LogP contribution in [0.5, 0.6) is 0 Å². The summed E-state index contributed by atoms with van der Waals surface area (Å²) < 4.78 is 0. The molecule has 0 fully saturated rings. The number of aromatic nitrogens is 1. The highest BCUT2D eigenvalue weighted by atomic mass is 35.5. The minimum Gasteiger partial charge on any atom is -0.369 e. The van der Waals surface area contributed by atoms with Crippen molar-refractivity contribution in [3.05, 3.63) is 30.1 Å². The number of pyridine rings is 1. The van der Waals surface area contributed by atoms with Crippen molar-refractivity contribution in [1.82, 2.24) is 4.98 Å². The molecule has 0 radical (unpaired) electrons. The summed E-state index contributed by atoms with van der Waals surface area (Å²) >= 11 is 0. The smallest absolute Gasteiger partial charge is 0.211 e. The number of nitrogens with two attached hydrogens (primary N) is 2. The number of rotatable bonds is 2. The summed E-state index contributed by atoms with van der Waals surface area (Å²) in [7, 11) is 0. The third kappa shape index (κ3) is 5.87. The van der Waals surface area contributed by atoms with E-state index < -0.39 is 0 Å². The molecule has 1 aromatic rings. The third-order valence-corrected chi connectivity index (χ3v) is 1.35. The van der Waals surface area contributed by atoms with E-state index in [9.17, 15) is 0 Å². The first-order valence-corrected chi connectivity index (χ1v) is 3.75. The molecule has 0 amide bonds. The molecular weight excluding hydrogens is 237 g/mol. The van der Waals surface area contributed by atoms with E-state index in [2.05, 4.69) is 15.2 Å². The highest BCUT2D eigenvalue weighted by molar-refractivity contribution is 5.97. The molecule has 0 saturated carbocycles. The van der Waals surface area contributed by atoms with Crippen LogP contribution in [0.1, 0.15) is 12.6 Å². The molecule has 0 saturated heterocycles. The van der Waals surface area contributed by atoms with Gasteiger partial charge in [-0.05, 0) is 19.1 Å². The first kappa shape index (κ1) is 16.1. The largest absolute Gasteiger partial charge is 0.369 e. The second-order valence-corrected chi connectivity index (χ2v) is 2.43. The lowest BCUT2D eigenvalue weighted by atomic mass is 10.3. The van der Waals surface area contributed by atoms with Crippen LogP contribution in [0.4, 0.5) is 0 Å². The van der Waals surface area contributed by atoms with Gasteiger partial charge in [0.15, 0.2) is 0 Å². The van der Waals surface area contributed by atoms with E-state index in [1.165, 1.54) is 0 Å². The lowest BCUT2D eigenvalue weighted by Crippen LogP contribution is -2.22. The maximum atomic E-state index is 5.12. The molecule has 1 heterocycles. The highest BCUT2D eigenvalue weighted by Crippen LogP contribution is 1.95. The molecule has 0 aromatic carbocycles. The Morgan fingerprint density at radius 1 is 1.20 bits per heavy atom. The molecule has 0 aliphatic carbocycles. The zero-order chi connectivity index (χ0) is 9.68. The van der Waals surface area contributed by atoms with Gasteiger partial charge in [-0.3, -0.25) is 4.98 Å². The van der Waals surface area contributed by atoms with E-state index in [0.717, 1.165) is 5.69 Å².